The van der Waals surface area contributed by atoms with Crippen LogP contribution in [0.1, 0.15) is 49.4 Å². The monoisotopic (exact) mass is 291 g/mol. The Hall–Kier alpha value is -1.91. The predicted molar refractivity (Wildman–Crippen MR) is 79.2 cm³/mol. The zero-order chi connectivity index (χ0) is 15.0. The number of hydrogen-bond donors (Lipinski definition) is 1. The second-order valence-electron chi connectivity index (χ2n) is 5.67. The number of nitrogen functional groups attached to an aromatic ring is 1. The van der Waals surface area contributed by atoms with Crippen molar-refractivity contribution >= 4 is 5.82 Å². The summed E-state index contributed by atoms with van der Waals surface area (Å²) in [5.41, 5.74) is 7.41. The number of imidazole rings is 1. The van der Waals surface area contributed by atoms with E-state index in [1.165, 1.54) is 25.0 Å². The van der Waals surface area contributed by atoms with Gasteiger partial charge in [0.1, 0.15) is 17.3 Å². The van der Waals surface area contributed by atoms with E-state index in [1.807, 2.05) is 11.6 Å². The van der Waals surface area contributed by atoms with Crippen molar-refractivity contribution in [2.24, 2.45) is 7.05 Å². The van der Waals surface area contributed by atoms with Gasteiger partial charge in [-0.3, -0.25) is 0 Å². The highest BCUT2D eigenvalue weighted by molar-refractivity contribution is 5.71. The van der Waals surface area contributed by atoms with Crippen molar-refractivity contribution in [1.29, 1.82) is 0 Å². The van der Waals surface area contributed by atoms with E-state index in [9.17, 15) is 8.78 Å². The van der Waals surface area contributed by atoms with Crippen LogP contribution in [0.4, 0.5) is 14.6 Å². The largest absolute Gasteiger partial charge is 0.383 e. The Balaban J connectivity index is 2.02. The van der Waals surface area contributed by atoms with Crippen LogP contribution in [0.25, 0.3) is 11.3 Å². The average molecular weight is 291 g/mol. The van der Waals surface area contributed by atoms with E-state index in [0.29, 0.717) is 23.0 Å². The molecule has 1 aromatic heterocycles. The molecule has 0 spiro atoms. The SMILES string of the molecule is Cn1c(C2CCCC2)nc(-c2cccc(C(F)F)c2)c1N. The van der Waals surface area contributed by atoms with Crippen LogP contribution in [0.5, 0.6) is 0 Å². The number of alkyl halides is 2. The molecule has 2 N–H and O–H groups in total. The second kappa shape index (κ2) is 5.47. The van der Waals surface area contributed by atoms with Gasteiger partial charge in [0.2, 0.25) is 0 Å². The first kappa shape index (κ1) is 14.0. The molecule has 112 valence electrons. The molecule has 1 fully saturated rings. The van der Waals surface area contributed by atoms with Crippen LogP contribution in [-0.4, -0.2) is 9.55 Å². The molecule has 1 aromatic carbocycles. The molecule has 2 aromatic rings. The average Bonchev–Trinajstić information content (AvgIpc) is 3.09. The summed E-state index contributed by atoms with van der Waals surface area (Å²) in [4.78, 5) is 4.66. The summed E-state index contributed by atoms with van der Waals surface area (Å²) in [5, 5.41) is 0. The Kier molecular flexibility index (Phi) is 3.66. The maximum Gasteiger partial charge on any atom is 0.263 e. The molecule has 0 amide bonds. The predicted octanol–water partition coefficient (Wildman–Crippen LogP) is 4.26. The summed E-state index contributed by atoms with van der Waals surface area (Å²) in [6, 6.07) is 6.30. The van der Waals surface area contributed by atoms with Gasteiger partial charge < -0.3 is 10.3 Å². The fraction of sp³-hybridized carbons (Fsp3) is 0.438. The number of nitrogens with zero attached hydrogens (tertiary/aromatic N) is 2. The molecule has 3 rings (SSSR count). The number of benzene rings is 1. The summed E-state index contributed by atoms with van der Waals surface area (Å²) in [6.07, 6.45) is 2.20. The van der Waals surface area contributed by atoms with Crippen molar-refractivity contribution in [2.75, 3.05) is 5.73 Å². The quantitative estimate of drug-likeness (QED) is 0.918. The van der Waals surface area contributed by atoms with Crippen LogP contribution in [-0.2, 0) is 7.05 Å². The van der Waals surface area contributed by atoms with E-state index in [2.05, 4.69) is 4.98 Å². The Morgan fingerprint density at radius 3 is 2.67 bits per heavy atom. The molecule has 0 saturated heterocycles. The summed E-state index contributed by atoms with van der Waals surface area (Å²) >= 11 is 0. The van der Waals surface area contributed by atoms with Crippen molar-refractivity contribution in [3.8, 4) is 11.3 Å². The number of aromatic nitrogens is 2. The highest BCUT2D eigenvalue weighted by Crippen LogP contribution is 2.37. The lowest BCUT2D eigenvalue weighted by Gasteiger charge is -2.08. The van der Waals surface area contributed by atoms with Crippen molar-refractivity contribution in [3.63, 3.8) is 0 Å². The maximum absolute atomic E-state index is 12.8. The molecule has 1 saturated carbocycles. The zero-order valence-electron chi connectivity index (χ0n) is 12.0. The first-order valence-corrected chi connectivity index (χ1v) is 7.28. The van der Waals surface area contributed by atoms with Gasteiger partial charge in [0.25, 0.3) is 6.43 Å². The van der Waals surface area contributed by atoms with Gasteiger partial charge in [-0.05, 0) is 18.9 Å². The Labute approximate surface area is 122 Å². The van der Waals surface area contributed by atoms with E-state index in [4.69, 9.17) is 5.73 Å². The van der Waals surface area contributed by atoms with E-state index >= 15 is 0 Å². The number of nitrogens with two attached hydrogens (primary N) is 1. The van der Waals surface area contributed by atoms with Gasteiger partial charge >= 0.3 is 0 Å². The lowest BCUT2D eigenvalue weighted by Crippen LogP contribution is -2.05. The standard InChI is InChI=1S/C16H19F2N3/c1-21-15(19)13(20-16(21)10-5-2-3-6-10)11-7-4-8-12(9-11)14(17)18/h4,7-10,14H,2-3,5-6,19H2,1H3. The van der Waals surface area contributed by atoms with Gasteiger partial charge in [-0.15, -0.1) is 0 Å². The summed E-state index contributed by atoms with van der Waals surface area (Å²) in [6.45, 7) is 0. The topological polar surface area (TPSA) is 43.8 Å². The van der Waals surface area contributed by atoms with Crippen molar-refractivity contribution < 1.29 is 8.78 Å². The summed E-state index contributed by atoms with van der Waals surface area (Å²) in [5.74, 6) is 1.95. The molecule has 21 heavy (non-hydrogen) atoms. The van der Waals surface area contributed by atoms with E-state index in [0.717, 1.165) is 18.7 Å². The van der Waals surface area contributed by atoms with Crippen LogP contribution >= 0.6 is 0 Å². The van der Waals surface area contributed by atoms with Crippen LogP contribution in [0.15, 0.2) is 24.3 Å². The minimum absolute atomic E-state index is 0.0000283. The second-order valence-corrected chi connectivity index (χ2v) is 5.67. The summed E-state index contributed by atoms with van der Waals surface area (Å²) in [7, 11) is 1.90. The first-order valence-electron chi connectivity index (χ1n) is 7.28. The van der Waals surface area contributed by atoms with Gasteiger partial charge in [-0.2, -0.15) is 0 Å². The molecule has 1 aliphatic carbocycles. The molecule has 1 aliphatic rings. The third-order valence-corrected chi connectivity index (χ3v) is 4.31. The Bertz CT molecular complexity index is 643. The minimum atomic E-state index is -2.48. The molecule has 0 aliphatic heterocycles. The number of rotatable bonds is 3. The van der Waals surface area contributed by atoms with Gasteiger partial charge in [-0.25, -0.2) is 13.8 Å². The number of hydrogen-bond acceptors (Lipinski definition) is 2. The number of anilines is 1. The summed E-state index contributed by atoms with van der Waals surface area (Å²) < 4.78 is 27.6. The maximum atomic E-state index is 12.8. The van der Waals surface area contributed by atoms with Gasteiger partial charge in [0.05, 0.1) is 0 Å². The minimum Gasteiger partial charge on any atom is -0.383 e. The molecule has 0 atom stereocenters. The van der Waals surface area contributed by atoms with Crippen molar-refractivity contribution in [2.45, 2.75) is 38.0 Å². The molecular formula is C16H19F2N3. The molecule has 0 radical (unpaired) electrons. The lowest BCUT2D eigenvalue weighted by molar-refractivity contribution is 0.151. The van der Waals surface area contributed by atoms with E-state index < -0.39 is 6.43 Å². The smallest absolute Gasteiger partial charge is 0.263 e. The molecule has 0 bridgehead atoms. The van der Waals surface area contributed by atoms with Crippen LogP contribution in [0, 0.1) is 0 Å². The van der Waals surface area contributed by atoms with Gasteiger partial charge in [-0.1, -0.05) is 31.0 Å². The van der Waals surface area contributed by atoms with Gasteiger partial charge in [0.15, 0.2) is 0 Å². The normalized spacial score (nSPS) is 16.0. The fourth-order valence-corrected chi connectivity index (χ4v) is 3.11. The first-order chi connectivity index (χ1) is 10.1. The zero-order valence-corrected chi connectivity index (χ0v) is 12.0. The molecular weight excluding hydrogens is 272 g/mol. The highest BCUT2D eigenvalue weighted by Gasteiger charge is 2.24. The fourth-order valence-electron chi connectivity index (χ4n) is 3.11. The third-order valence-electron chi connectivity index (χ3n) is 4.31. The molecule has 1 heterocycles. The third kappa shape index (κ3) is 2.52. The van der Waals surface area contributed by atoms with Crippen LogP contribution in [0.2, 0.25) is 0 Å². The van der Waals surface area contributed by atoms with Crippen LogP contribution in [0.3, 0.4) is 0 Å². The Morgan fingerprint density at radius 2 is 2.00 bits per heavy atom. The van der Waals surface area contributed by atoms with E-state index in [-0.39, 0.29) is 5.56 Å². The molecule has 0 unspecified atom stereocenters. The molecule has 3 nitrogen and oxygen atoms in total. The highest BCUT2D eigenvalue weighted by atomic mass is 19.3. The van der Waals surface area contributed by atoms with Crippen molar-refractivity contribution in [1.82, 2.24) is 9.55 Å². The lowest BCUT2D eigenvalue weighted by atomic mass is 10.1. The molecule has 5 heteroatoms. The number of halogens is 2. The van der Waals surface area contributed by atoms with E-state index in [1.54, 1.807) is 12.1 Å². The Morgan fingerprint density at radius 1 is 1.29 bits per heavy atom. The van der Waals surface area contributed by atoms with Crippen LogP contribution < -0.4 is 5.73 Å². The van der Waals surface area contributed by atoms with Crippen molar-refractivity contribution in [3.05, 3.63) is 35.7 Å². The van der Waals surface area contributed by atoms with Gasteiger partial charge in [0, 0.05) is 24.1 Å².